The van der Waals surface area contributed by atoms with E-state index >= 15 is 0 Å². The van der Waals surface area contributed by atoms with Crippen molar-refractivity contribution in [2.75, 3.05) is 19.6 Å². The van der Waals surface area contributed by atoms with Gasteiger partial charge in [0.15, 0.2) is 0 Å². The lowest BCUT2D eigenvalue weighted by molar-refractivity contribution is 0.0711. The van der Waals surface area contributed by atoms with Gasteiger partial charge in [-0.05, 0) is 43.0 Å². The van der Waals surface area contributed by atoms with Gasteiger partial charge in [0.1, 0.15) is 11.2 Å². The highest BCUT2D eigenvalue weighted by atomic mass is 16.2. The first-order valence-corrected chi connectivity index (χ1v) is 10.1. The van der Waals surface area contributed by atoms with E-state index in [1.54, 1.807) is 6.07 Å². The molecule has 0 radical (unpaired) electrons. The van der Waals surface area contributed by atoms with Crippen molar-refractivity contribution in [1.29, 1.82) is 0 Å². The van der Waals surface area contributed by atoms with Crippen LogP contribution < -0.4 is 10.9 Å². The number of hydrogen-bond acceptors (Lipinski definition) is 4. The molecule has 1 aromatic carbocycles. The van der Waals surface area contributed by atoms with E-state index in [1.165, 1.54) is 21.7 Å². The topological polar surface area (TPSA) is 66.7 Å². The van der Waals surface area contributed by atoms with Crippen molar-refractivity contribution in [2.45, 2.75) is 19.9 Å². The van der Waals surface area contributed by atoms with Crippen LogP contribution in [0.5, 0.6) is 0 Å². The van der Waals surface area contributed by atoms with Crippen LogP contribution in [-0.2, 0) is 0 Å². The Morgan fingerprint density at radius 2 is 1.93 bits per heavy atom. The van der Waals surface area contributed by atoms with Gasteiger partial charge in [-0.25, -0.2) is 4.98 Å². The number of fused-ring (bicyclic) bond motifs is 2. The van der Waals surface area contributed by atoms with Crippen LogP contribution >= 0.6 is 0 Å². The fraction of sp³-hybridized carbons (Fsp3) is 0.348. The molecule has 1 N–H and O–H groups in total. The normalized spacial score (nSPS) is 23.5. The molecule has 2 fully saturated rings. The Morgan fingerprint density at radius 3 is 2.76 bits per heavy atom. The highest BCUT2D eigenvalue weighted by molar-refractivity contribution is 5.94. The van der Waals surface area contributed by atoms with Gasteiger partial charge >= 0.3 is 0 Å². The molecular weight excluding hydrogens is 364 g/mol. The lowest BCUT2D eigenvalue weighted by Gasteiger charge is -2.29. The van der Waals surface area contributed by atoms with E-state index in [-0.39, 0.29) is 23.1 Å². The van der Waals surface area contributed by atoms with Gasteiger partial charge in [-0.15, -0.1) is 0 Å². The Bertz CT molecular complexity index is 1170. The molecule has 3 atom stereocenters. The molecule has 6 heteroatoms. The fourth-order valence-electron chi connectivity index (χ4n) is 5.02. The minimum Gasteiger partial charge on any atom is -0.331 e. The van der Waals surface area contributed by atoms with Crippen LogP contribution in [0.15, 0.2) is 53.5 Å². The minimum atomic E-state index is -0.295. The standard InChI is InChI=1S/C23H24N4O2/c1-14-6-3-4-8-17(14)21-18-11-24-10-16(18)13-26(21)22(28)19-12-25-20-9-5-7-15(2)27(20)23(19)29/h3-9,12,16,18,21,24H,10-11,13H2,1-2H3/t16-,18-,21+/m0/s1. The number of aryl methyl sites for hydroxylation is 2. The summed E-state index contributed by atoms with van der Waals surface area (Å²) in [5.74, 6) is 0.544. The second kappa shape index (κ2) is 6.81. The van der Waals surface area contributed by atoms with Crippen molar-refractivity contribution in [3.8, 4) is 0 Å². The van der Waals surface area contributed by atoms with Gasteiger partial charge in [0.05, 0.1) is 6.04 Å². The number of pyridine rings is 1. The SMILES string of the molecule is Cc1ccccc1[C@@H]1[C@H]2CNC[C@H]2CN1C(=O)c1cnc2cccc(C)n2c1=O. The molecule has 29 heavy (non-hydrogen) atoms. The van der Waals surface area contributed by atoms with Gasteiger partial charge in [-0.3, -0.25) is 14.0 Å². The van der Waals surface area contributed by atoms with Crippen molar-refractivity contribution in [1.82, 2.24) is 19.6 Å². The first-order chi connectivity index (χ1) is 14.1. The van der Waals surface area contributed by atoms with E-state index in [0.717, 1.165) is 18.8 Å². The van der Waals surface area contributed by atoms with Crippen molar-refractivity contribution >= 4 is 11.6 Å². The van der Waals surface area contributed by atoms with E-state index in [9.17, 15) is 9.59 Å². The van der Waals surface area contributed by atoms with E-state index in [0.29, 0.717) is 24.0 Å². The number of hydrogen-bond donors (Lipinski definition) is 1. The van der Waals surface area contributed by atoms with Gasteiger partial charge in [0.25, 0.3) is 11.5 Å². The van der Waals surface area contributed by atoms with Gasteiger partial charge < -0.3 is 10.2 Å². The minimum absolute atomic E-state index is 0.0272. The number of carbonyl (C=O) groups is 1. The molecule has 2 aliphatic rings. The van der Waals surface area contributed by atoms with Gasteiger partial charge in [0.2, 0.25) is 0 Å². The van der Waals surface area contributed by atoms with E-state index < -0.39 is 0 Å². The average Bonchev–Trinajstić information content (AvgIpc) is 3.30. The lowest BCUT2D eigenvalue weighted by Crippen LogP contribution is -2.38. The zero-order valence-electron chi connectivity index (χ0n) is 16.6. The van der Waals surface area contributed by atoms with Crippen molar-refractivity contribution in [3.05, 3.63) is 81.4 Å². The van der Waals surface area contributed by atoms with Crippen LogP contribution in [0.3, 0.4) is 0 Å². The third kappa shape index (κ3) is 2.78. The zero-order chi connectivity index (χ0) is 20.1. The molecule has 2 aromatic heterocycles. The third-order valence-corrected chi connectivity index (χ3v) is 6.49. The van der Waals surface area contributed by atoms with Gasteiger partial charge in [-0.2, -0.15) is 0 Å². The van der Waals surface area contributed by atoms with Crippen LogP contribution in [0, 0.1) is 25.7 Å². The number of nitrogens with one attached hydrogen (secondary N) is 1. The number of carbonyl (C=O) groups excluding carboxylic acids is 1. The number of amides is 1. The molecule has 0 spiro atoms. The summed E-state index contributed by atoms with van der Waals surface area (Å²) in [6.07, 6.45) is 1.45. The van der Waals surface area contributed by atoms with Crippen LogP contribution in [0.4, 0.5) is 0 Å². The van der Waals surface area contributed by atoms with Crippen molar-refractivity contribution in [2.24, 2.45) is 11.8 Å². The maximum Gasteiger partial charge on any atom is 0.270 e. The number of rotatable bonds is 2. The molecule has 0 saturated carbocycles. The smallest absolute Gasteiger partial charge is 0.270 e. The Balaban J connectivity index is 1.61. The molecule has 0 unspecified atom stereocenters. The average molecular weight is 388 g/mol. The first-order valence-electron chi connectivity index (χ1n) is 10.1. The summed E-state index contributed by atoms with van der Waals surface area (Å²) in [5.41, 5.74) is 3.52. The maximum atomic E-state index is 13.6. The van der Waals surface area contributed by atoms with Crippen molar-refractivity contribution in [3.63, 3.8) is 0 Å². The molecular formula is C23H24N4O2. The molecule has 4 heterocycles. The second-order valence-electron chi connectivity index (χ2n) is 8.18. The number of likely N-dealkylation sites (tertiary alicyclic amines) is 1. The highest BCUT2D eigenvalue weighted by Crippen LogP contribution is 2.43. The Morgan fingerprint density at radius 1 is 1.10 bits per heavy atom. The van der Waals surface area contributed by atoms with Crippen molar-refractivity contribution < 1.29 is 4.79 Å². The van der Waals surface area contributed by atoms with Gasteiger partial charge in [0, 0.05) is 37.4 Å². The van der Waals surface area contributed by atoms with E-state index in [2.05, 4.69) is 29.4 Å². The van der Waals surface area contributed by atoms with E-state index in [4.69, 9.17) is 0 Å². The first kappa shape index (κ1) is 18.1. The molecule has 6 nitrogen and oxygen atoms in total. The molecule has 2 aliphatic heterocycles. The summed E-state index contributed by atoms with van der Waals surface area (Å²) in [6, 6.07) is 13.7. The molecule has 3 aromatic rings. The van der Waals surface area contributed by atoms with Crippen LogP contribution in [0.1, 0.15) is 33.2 Å². The van der Waals surface area contributed by atoms with Crippen LogP contribution in [0.2, 0.25) is 0 Å². The predicted octanol–water partition coefficient (Wildman–Crippen LogP) is 2.34. The summed E-state index contributed by atoms with van der Waals surface area (Å²) in [5, 5.41) is 3.47. The summed E-state index contributed by atoms with van der Waals surface area (Å²) in [6.45, 7) is 6.40. The summed E-state index contributed by atoms with van der Waals surface area (Å²) in [7, 11) is 0. The number of benzene rings is 1. The predicted molar refractivity (Wildman–Crippen MR) is 111 cm³/mol. The Kier molecular flexibility index (Phi) is 4.24. The number of nitrogens with zero attached hydrogens (tertiary/aromatic N) is 3. The fourth-order valence-corrected chi connectivity index (χ4v) is 5.02. The highest BCUT2D eigenvalue weighted by Gasteiger charge is 2.47. The van der Waals surface area contributed by atoms with Crippen LogP contribution in [-0.4, -0.2) is 39.8 Å². The molecule has 1 amide bonds. The van der Waals surface area contributed by atoms with E-state index in [1.807, 2.05) is 36.1 Å². The second-order valence-corrected chi connectivity index (χ2v) is 8.18. The zero-order valence-corrected chi connectivity index (χ0v) is 16.6. The monoisotopic (exact) mass is 388 g/mol. The Hall–Kier alpha value is -2.99. The molecule has 0 bridgehead atoms. The maximum absolute atomic E-state index is 13.6. The summed E-state index contributed by atoms with van der Waals surface area (Å²) in [4.78, 5) is 33.1. The molecule has 148 valence electrons. The molecule has 2 saturated heterocycles. The number of aromatic nitrogens is 2. The summed E-state index contributed by atoms with van der Waals surface area (Å²) >= 11 is 0. The molecule has 5 rings (SSSR count). The third-order valence-electron chi connectivity index (χ3n) is 6.49. The largest absolute Gasteiger partial charge is 0.331 e. The molecule has 0 aliphatic carbocycles. The summed E-state index contributed by atoms with van der Waals surface area (Å²) < 4.78 is 1.52. The lowest BCUT2D eigenvalue weighted by atomic mass is 9.87. The van der Waals surface area contributed by atoms with Crippen LogP contribution in [0.25, 0.3) is 5.65 Å². The Labute approximate surface area is 169 Å². The van der Waals surface area contributed by atoms with Gasteiger partial charge in [-0.1, -0.05) is 30.3 Å². The quantitative estimate of drug-likeness (QED) is 0.732.